The van der Waals surface area contributed by atoms with Crippen molar-refractivity contribution in [2.45, 2.75) is 63.1 Å². The number of carbonyl (C=O) groups is 2. The maximum Gasteiger partial charge on any atom is 0.425 e. The lowest BCUT2D eigenvalue weighted by Crippen LogP contribution is -2.38. The minimum absolute atomic E-state index is 0.0817. The Morgan fingerprint density at radius 3 is 2.47 bits per heavy atom. The number of esters is 2. The summed E-state index contributed by atoms with van der Waals surface area (Å²) in [7, 11) is 2.75. The molecule has 9 nitrogen and oxygen atoms in total. The molecule has 4 atom stereocenters. The van der Waals surface area contributed by atoms with E-state index in [1.807, 2.05) is 0 Å². The van der Waals surface area contributed by atoms with Crippen LogP contribution in [-0.4, -0.2) is 69.3 Å². The van der Waals surface area contributed by atoms with E-state index in [0.717, 1.165) is 6.08 Å². The van der Waals surface area contributed by atoms with Crippen LogP contribution in [0.1, 0.15) is 53.0 Å². The Morgan fingerprint density at radius 1 is 1.05 bits per heavy atom. The first-order valence-electron chi connectivity index (χ1n) is 13.5. The van der Waals surface area contributed by atoms with E-state index in [-0.39, 0.29) is 41.4 Å². The van der Waals surface area contributed by atoms with E-state index in [1.54, 1.807) is 50.3 Å². The van der Waals surface area contributed by atoms with Crippen molar-refractivity contribution in [3.63, 3.8) is 0 Å². The van der Waals surface area contributed by atoms with E-state index < -0.39 is 54.7 Å². The minimum Gasteiger partial charge on any atom is -0.497 e. The zero-order chi connectivity index (χ0) is 31.2. The quantitative estimate of drug-likeness (QED) is 0.227. The summed E-state index contributed by atoms with van der Waals surface area (Å²) in [5, 5.41) is 0. The van der Waals surface area contributed by atoms with Gasteiger partial charge in [0.1, 0.15) is 29.3 Å². The Hall–Kier alpha value is -3.87. The van der Waals surface area contributed by atoms with Gasteiger partial charge in [0, 0.05) is 19.6 Å². The van der Waals surface area contributed by atoms with Gasteiger partial charge in [-0.15, -0.1) is 0 Å². The fourth-order valence-corrected chi connectivity index (χ4v) is 4.72. The van der Waals surface area contributed by atoms with E-state index in [1.165, 1.54) is 38.5 Å². The smallest absolute Gasteiger partial charge is 0.425 e. The average Bonchev–Trinajstić information content (AvgIpc) is 3.27. The molecule has 2 heterocycles. The number of cyclic esters (lactones) is 1. The molecule has 2 aromatic carbocycles. The number of hydrogen-bond donors (Lipinski definition) is 0. The lowest BCUT2D eigenvalue weighted by atomic mass is 10.0. The number of alkyl halides is 3. The zero-order valence-corrected chi connectivity index (χ0v) is 24.1. The molecular weight excluding hydrogens is 573 g/mol. The molecule has 0 bridgehead atoms. The van der Waals surface area contributed by atoms with Crippen molar-refractivity contribution < 1.29 is 55.9 Å². The zero-order valence-electron chi connectivity index (χ0n) is 24.1. The van der Waals surface area contributed by atoms with Crippen LogP contribution in [0.2, 0.25) is 0 Å². The molecule has 2 aliphatic rings. The maximum atomic E-state index is 14.1. The molecule has 2 aromatic rings. The second-order valence-electron chi connectivity index (χ2n) is 10.3. The molecule has 0 saturated carbocycles. The molecule has 0 spiro atoms. The number of benzene rings is 2. The maximum absolute atomic E-state index is 14.1. The highest BCUT2D eigenvalue weighted by atomic mass is 19.4. The summed E-state index contributed by atoms with van der Waals surface area (Å²) in [6.45, 7) is 3.09. The third-order valence-electron chi connectivity index (χ3n) is 6.63. The highest BCUT2D eigenvalue weighted by molar-refractivity contribution is 5.97. The summed E-state index contributed by atoms with van der Waals surface area (Å²) in [6.07, 6.45) is -4.98. The predicted molar refractivity (Wildman–Crippen MR) is 148 cm³/mol. The van der Waals surface area contributed by atoms with E-state index in [4.69, 9.17) is 33.2 Å². The predicted octanol–water partition coefficient (Wildman–Crippen LogP) is 5.87. The molecule has 4 rings (SSSR count). The number of rotatable bonds is 6. The van der Waals surface area contributed by atoms with Crippen LogP contribution in [0.15, 0.2) is 60.7 Å². The van der Waals surface area contributed by atoms with Gasteiger partial charge < -0.3 is 33.2 Å². The summed E-state index contributed by atoms with van der Waals surface area (Å²) in [5.41, 5.74) is 0.203. The van der Waals surface area contributed by atoms with E-state index >= 15 is 0 Å². The van der Waals surface area contributed by atoms with Crippen molar-refractivity contribution in [2.24, 2.45) is 0 Å². The van der Waals surface area contributed by atoms with Crippen molar-refractivity contribution in [3.8, 4) is 11.5 Å². The summed E-state index contributed by atoms with van der Waals surface area (Å²) < 4.78 is 81.0. The van der Waals surface area contributed by atoms with Gasteiger partial charge >= 0.3 is 18.1 Å². The van der Waals surface area contributed by atoms with Gasteiger partial charge in [0.05, 0.1) is 18.8 Å². The van der Waals surface area contributed by atoms with Crippen LogP contribution in [0.25, 0.3) is 6.08 Å². The Labute approximate surface area is 247 Å². The molecule has 1 fully saturated rings. The Bertz CT molecular complexity index is 1340. The van der Waals surface area contributed by atoms with Gasteiger partial charge in [-0.05, 0) is 50.1 Å². The van der Waals surface area contributed by atoms with E-state index in [9.17, 15) is 22.8 Å². The molecule has 12 heteroatoms. The second-order valence-corrected chi connectivity index (χ2v) is 10.3. The molecule has 232 valence electrons. The van der Waals surface area contributed by atoms with Crippen molar-refractivity contribution >= 4 is 18.0 Å². The topological polar surface area (TPSA) is 98.8 Å². The Balaban J connectivity index is 1.78. The lowest BCUT2D eigenvalue weighted by Gasteiger charge is -2.25. The first-order valence-corrected chi connectivity index (χ1v) is 13.5. The minimum atomic E-state index is -4.92. The third kappa shape index (κ3) is 8.15. The van der Waals surface area contributed by atoms with E-state index in [2.05, 4.69) is 0 Å². The van der Waals surface area contributed by atoms with Crippen molar-refractivity contribution in [2.75, 3.05) is 21.0 Å². The van der Waals surface area contributed by atoms with Crippen LogP contribution in [0.4, 0.5) is 13.2 Å². The normalized spacial score (nSPS) is 25.3. The summed E-state index contributed by atoms with van der Waals surface area (Å²) in [5.74, 6) is -2.83. The average molecular weight is 607 g/mol. The van der Waals surface area contributed by atoms with Gasteiger partial charge in [0.2, 0.25) is 6.10 Å². The van der Waals surface area contributed by atoms with Gasteiger partial charge in [0.15, 0.2) is 12.6 Å². The summed E-state index contributed by atoms with van der Waals surface area (Å²) >= 11 is 0. The van der Waals surface area contributed by atoms with Crippen LogP contribution in [-0.2, 0) is 23.7 Å². The monoisotopic (exact) mass is 606 g/mol. The fraction of sp³-hybridized carbons (Fsp3) is 0.419. The number of ether oxygens (including phenoxy) is 7. The summed E-state index contributed by atoms with van der Waals surface area (Å²) in [6, 6.07) is 11.0. The first-order chi connectivity index (χ1) is 20.4. The Morgan fingerprint density at radius 2 is 1.79 bits per heavy atom. The molecular formula is C31H33F3O9. The number of methoxy groups -OCH3 is 2. The number of carbonyl (C=O) groups excluding carboxylic acids is 2. The standard InChI is InChI=1S/C31H33F3O9/c1-30(2)42-23-14-8-12-20-16-21(38-4)17-24(39-18-37-3)26(20)29(36)41-25(31(32,33)34)15-9-13-22(27(23)43-30)40-28(35)19-10-6-5-7-11-19/h5-13,16-17,22-23,25,27H,14-15,18H2,1-4H3/b12-8+,13-9-/t22?,23-,25+,27+/m0/s1. The molecule has 0 N–H and O–H groups in total. The molecule has 0 aromatic heterocycles. The lowest BCUT2D eigenvalue weighted by molar-refractivity contribution is -0.203. The van der Waals surface area contributed by atoms with Gasteiger partial charge in [-0.3, -0.25) is 0 Å². The highest BCUT2D eigenvalue weighted by Crippen LogP contribution is 2.36. The van der Waals surface area contributed by atoms with Crippen molar-refractivity contribution in [1.82, 2.24) is 0 Å². The van der Waals surface area contributed by atoms with Gasteiger partial charge in [-0.2, -0.15) is 13.2 Å². The van der Waals surface area contributed by atoms with Crippen LogP contribution in [0.5, 0.6) is 11.5 Å². The van der Waals surface area contributed by atoms with Crippen molar-refractivity contribution in [1.29, 1.82) is 0 Å². The molecule has 0 amide bonds. The van der Waals surface area contributed by atoms with Gasteiger partial charge in [-0.1, -0.05) is 36.4 Å². The number of fused-ring (bicyclic) bond motifs is 2. The molecule has 1 saturated heterocycles. The SMILES string of the molecule is COCOc1cc(OC)cc2c1C(=O)O[C@@H](C(F)(F)F)C/C=C\C(OC(=O)c1ccccc1)[C@H]1OC(C)(C)O[C@H]1C/C=C/2. The van der Waals surface area contributed by atoms with Gasteiger partial charge in [-0.25, -0.2) is 9.59 Å². The first kappa shape index (κ1) is 32.1. The fourth-order valence-electron chi connectivity index (χ4n) is 4.72. The molecule has 43 heavy (non-hydrogen) atoms. The highest BCUT2D eigenvalue weighted by Gasteiger charge is 2.46. The van der Waals surface area contributed by atoms with Crippen LogP contribution < -0.4 is 9.47 Å². The third-order valence-corrected chi connectivity index (χ3v) is 6.63. The molecule has 0 radical (unpaired) electrons. The molecule has 1 unspecified atom stereocenters. The van der Waals surface area contributed by atoms with Crippen LogP contribution in [0.3, 0.4) is 0 Å². The Kier molecular flexibility index (Phi) is 10.2. The molecule has 2 aliphatic heterocycles. The van der Waals surface area contributed by atoms with Crippen molar-refractivity contribution in [3.05, 3.63) is 77.4 Å². The van der Waals surface area contributed by atoms with Crippen LogP contribution in [0, 0.1) is 0 Å². The number of hydrogen-bond acceptors (Lipinski definition) is 9. The largest absolute Gasteiger partial charge is 0.497 e. The summed E-state index contributed by atoms with van der Waals surface area (Å²) in [4.78, 5) is 26.3. The van der Waals surface area contributed by atoms with Crippen LogP contribution >= 0.6 is 0 Å². The van der Waals surface area contributed by atoms with E-state index in [0.29, 0.717) is 0 Å². The molecule has 0 aliphatic carbocycles. The number of halogens is 3. The second kappa shape index (κ2) is 13.6. The van der Waals surface area contributed by atoms with Gasteiger partial charge in [0.25, 0.3) is 0 Å².